The van der Waals surface area contributed by atoms with E-state index in [0.29, 0.717) is 0 Å². The molecule has 0 aliphatic heterocycles. The fourth-order valence-corrected chi connectivity index (χ4v) is 1.60. The van der Waals surface area contributed by atoms with Crippen LogP contribution >= 0.6 is 0 Å². The number of nitro groups is 1. The highest BCUT2D eigenvalue weighted by Crippen LogP contribution is 2.25. The fourth-order valence-electron chi connectivity index (χ4n) is 1.60. The molecule has 98 valence electrons. The highest BCUT2D eigenvalue weighted by Gasteiger charge is 2.26. The van der Waals surface area contributed by atoms with Crippen LogP contribution in [0.1, 0.15) is 15.9 Å². The molecule has 18 heavy (non-hydrogen) atoms. The minimum absolute atomic E-state index is 0.0194. The van der Waals surface area contributed by atoms with E-state index >= 15 is 0 Å². The van der Waals surface area contributed by atoms with E-state index in [1.54, 1.807) is 0 Å². The van der Waals surface area contributed by atoms with Gasteiger partial charge in [0.25, 0.3) is 11.6 Å². The summed E-state index contributed by atoms with van der Waals surface area (Å²) in [5, 5.41) is 19.6. The zero-order chi connectivity index (χ0) is 13.9. The Morgan fingerprint density at radius 3 is 2.67 bits per heavy atom. The summed E-state index contributed by atoms with van der Waals surface area (Å²) in [4.78, 5) is 23.2. The standard InChI is InChI=1S/C11H13FN2O4/c1-7-5-8(12)6-9(10(7)14(17)18)11(16)13(2)3-4-15/h5-6,15H,3-4H2,1-2H3. The summed E-state index contributed by atoms with van der Waals surface area (Å²) in [6, 6.07) is 1.84. The largest absolute Gasteiger partial charge is 0.395 e. The van der Waals surface area contributed by atoms with E-state index in [1.165, 1.54) is 14.0 Å². The van der Waals surface area contributed by atoms with Gasteiger partial charge in [-0.25, -0.2) is 4.39 Å². The van der Waals surface area contributed by atoms with Crippen molar-refractivity contribution in [2.75, 3.05) is 20.2 Å². The smallest absolute Gasteiger partial charge is 0.285 e. The van der Waals surface area contributed by atoms with Gasteiger partial charge in [0, 0.05) is 19.2 Å². The lowest BCUT2D eigenvalue weighted by Crippen LogP contribution is -2.30. The topological polar surface area (TPSA) is 83.7 Å². The first kappa shape index (κ1) is 14.0. The van der Waals surface area contributed by atoms with E-state index in [-0.39, 0.29) is 24.3 Å². The zero-order valence-electron chi connectivity index (χ0n) is 10.0. The van der Waals surface area contributed by atoms with Crippen LogP contribution in [0.15, 0.2) is 12.1 Å². The number of hydrogen-bond acceptors (Lipinski definition) is 4. The van der Waals surface area contributed by atoms with E-state index in [0.717, 1.165) is 17.0 Å². The van der Waals surface area contributed by atoms with E-state index in [1.807, 2.05) is 0 Å². The number of hydrogen-bond donors (Lipinski definition) is 1. The second-order valence-corrected chi connectivity index (χ2v) is 3.83. The normalized spacial score (nSPS) is 10.2. The van der Waals surface area contributed by atoms with Crippen LogP contribution in [0.25, 0.3) is 0 Å². The monoisotopic (exact) mass is 256 g/mol. The van der Waals surface area contributed by atoms with Gasteiger partial charge in [-0.3, -0.25) is 14.9 Å². The molecule has 0 saturated heterocycles. The molecule has 0 heterocycles. The van der Waals surface area contributed by atoms with Crippen LogP contribution in [0, 0.1) is 22.9 Å². The maximum atomic E-state index is 13.2. The number of aliphatic hydroxyl groups is 1. The van der Waals surface area contributed by atoms with Crippen molar-refractivity contribution >= 4 is 11.6 Å². The zero-order valence-corrected chi connectivity index (χ0v) is 10.0. The summed E-state index contributed by atoms with van der Waals surface area (Å²) in [5.74, 6) is -1.41. The predicted octanol–water partition coefficient (Wildman–Crippen LogP) is 1.11. The molecule has 0 saturated carbocycles. The number of aliphatic hydroxyl groups excluding tert-OH is 1. The van der Waals surface area contributed by atoms with Crippen molar-refractivity contribution < 1.29 is 19.2 Å². The lowest BCUT2D eigenvalue weighted by atomic mass is 10.1. The Morgan fingerprint density at radius 2 is 2.17 bits per heavy atom. The fraction of sp³-hybridized carbons (Fsp3) is 0.364. The van der Waals surface area contributed by atoms with Crippen molar-refractivity contribution in [3.05, 3.63) is 39.2 Å². The Hall–Kier alpha value is -2.02. The molecule has 0 unspecified atom stereocenters. The molecule has 0 radical (unpaired) electrons. The van der Waals surface area contributed by atoms with Gasteiger partial charge in [0.15, 0.2) is 0 Å². The summed E-state index contributed by atoms with van der Waals surface area (Å²) in [6.07, 6.45) is 0. The Balaban J connectivity index is 3.30. The van der Waals surface area contributed by atoms with Gasteiger partial charge in [-0.05, 0) is 19.1 Å². The number of benzene rings is 1. The van der Waals surface area contributed by atoms with Gasteiger partial charge in [-0.15, -0.1) is 0 Å². The minimum Gasteiger partial charge on any atom is -0.395 e. The van der Waals surface area contributed by atoms with Crippen LogP contribution in [0.4, 0.5) is 10.1 Å². The van der Waals surface area contributed by atoms with Crippen LogP contribution in [-0.2, 0) is 0 Å². The highest BCUT2D eigenvalue weighted by atomic mass is 19.1. The molecule has 1 aromatic rings. The molecular formula is C11H13FN2O4. The minimum atomic E-state index is -0.713. The van der Waals surface area contributed by atoms with Crippen LogP contribution in [0.2, 0.25) is 0 Å². The highest BCUT2D eigenvalue weighted by molar-refractivity contribution is 5.98. The summed E-state index contributed by atoms with van der Waals surface area (Å²) in [5.41, 5.74) is -0.639. The van der Waals surface area contributed by atoms with Crippen molar-refractivity contribution in [1.82, 2.24) is 4.90 Å². The number of rotatable bonds is 4. The maximum Gasteiger partial charge on any atom is 0.285 e. The number of likely N-dealkylation sites (N-methyl/N-ethyl adjacent to an activating group) is 1. The predicted molar refractivity (Wildman–Crippen MR) is 61.8 cm³/mol. The van der Waals surface area contributed by atoms with Gasteiger partial charge >= 0.3 is 0 Å². The van der Waals surface area contributed by atoms with Gasteiger partial charge in [-0.2, -0.15) is 0 Å². The third kappa shape index (κ3) is 2.80. The molecule has 0 atom stereocenters. The number of carbonyl (C=O) groups excluding carboxylic acids is 1. The number of carbonyl (C=O) groups is 1. The number of amides is 1. The van der Waals surface area contributed by atoms with Crippen molar-refractivity contribution in [3.8, 4) is 0 Å². The molecule has 0 aliphatic carbocycles. The first-order valence-corrected chi connectivity index (χ1v) is 5.19. The first-order valence-electron chi connectivity index (χ1n) is 5.19. The van der Waals surface area contributed by atoms with E-state index in [4.69, 9.17) is 5.11 Å². The van der Waals surface area contributed by atoms with Gasteiger partial charge < -0.3 is 10.0 Å². The van der Waals surface area contributed by atoms with Gasteiger partial charge in [0.2, 0.25) is 0 Å². The molecule has 1 aromatic carbocycles. The SMILES string of the molecule is Cc1cc(F)cc(C(=O)N(C)CCO)c1[N+](=O)[O-]. The molecule has 1 N–H and O–H groups in total. The lowest BCUT2D eigenvalue weighted by molar-refractivity contribution is -0.385. The van der Waals surface area contributed by atoms with E-state index < -0.39 is 22.3 Å². The molecule has 6 nitrogen and oxygen atoms in total. The first-order chi connectivity index (χ1) is 8.38. The average molecular weight is 256 g/mol. The molecule has 0 fully saturated rings. The third-order valence-electron chi connectivity index (χ3n) is 2.46. The number of halogens is 1. The Kier molecular flexibility index (Phi) is 4.33. The molecule has 1 rings (SSSR count). The van der Waals surface area contributed by atoms with Crippen LogP contribution in [0.5, 0.6) is 0 Å². The van der Waals surface area contributed by atoms with Crippen molar-refractivity contribution in [3.63, 3.8) is 0 Å². The van der Waals surface area contributed by atoms with Gasteiger partial charge in [0.05, 0.1) is 11.5 Å². The van der Waals surface area contributed by atoms with Crippen molar-refractivity contribution in [2.45, 2.75) is 6.92 Å². The van der Waals surface area contributed by atoms with Crippen LogP contribution < -0.4 is 0 Å². The van der Waals surface area contributed by atoms with Gasteiger partial charge in [0.1, 0.15) is 11.4 Å². The summed E-state index contributed by atoms with van der Waals surface area (Å²) >= 11 is 0. The molecule has 0 aliphatic rings. The van der Waals surface area contributed by atoms with Crippen LogP contribution in [-0.4, -0.2) is 41.0 Å². The van der Waals surface area contributed by atoms with Crippen molar-refractivity contribution in [1.29, 1.82) is 0 Å². The van der Waals surface area contributed by atoms with Gasteiger partial charge in [-0.1, -0.05) is 0 Å². The Bertz CT molecular complexity index is 490. The number of nitrogens with zero attached hydrogens (tertiary/aromatic N) is 2. The number of aryl methyl sites for hydroxylation is 1. The quantitative estimate of drug-likeness (QED) is 0.646. The summed E-state index contributed by atoms with van der Waals surface area (Å²) in [6.45, 7) is 1.11. The summed E-state index contributed by atoms with van der Waals surface area (Å²) < 4.78 is 13.2. The second kappa shape index (κ2) is 5.54. The third-order valence-corrected chi connectivity index (χ3v) is 2.46. The Labute approximate surface area is 103 Å². The maximum absolute atomic E-state index is 13.2. The molecule has 0 spiro atoms. The second-order valence-electron chi connectivity index (χ2n) is 3.83. The molecule has 7 heteroatoms. The Morgan fingerprint density at radius 1 is 1.56 bits per heavy atom. The average Bonchev–Trinajstić information content (AvgIpc) is 2.26. The van der Waals surface area contributed by atoms with Crippen LogP contribution in [0.3, 0.4) is 0 Å². The lowest BCUT2D eigenvalue weighted by Gasteiger charge is -2.16. The summed E-state index contributed by atoms with van der Waals surface area (Å²) in [7, 11) is 1.38. The van der Waals surface area contributed by atoms with E-state index in [2.05, 4.69) is 0 Å². The van der Waals surface area contributed by atoms with Crippen molar-refractivity contribution in [2.24, 2.45) is 0 Å². The molecule has 1 amide bonds. The molecular weight excluding hydrogens is 243 g/mol. The number of nitro benzene ring substituents is 1. The molecule has 0 aromatic heterocycles. The van der Waals surface area contributed by atoms with E-state index in [9.17, 15) is 19.3 Å². The molecule has 0 bridgehead atoms.